The van der Waals surface area contributed by atoms with Crippen LogP contribution in [0.1, 0.15) is 30.1 Å². The van der Waals surface area contributed by atoms with E-state index in [1.165, 1.54) is 21.3 Å². The third kappa shape index (κ3) is 5.32. The van der Waals surface area contributed by atoms with E-state index in [1.54, 1.807) is 24.0 Å². The first-order valence-corrected chi connectivity index (χ1v) is 9.03. The van der Waals surface area contributed by atoms with Crippen LogP contribution < -0.4 is 19.5 Å². The summed E-state index contributed by atoms with van der Waals surface area (Å²) in [6.07, 6.45) is 1.03. The van der Waals surface area contributed by atoms with Crippen molar-refractivity contribution in [3.05, 3.63) is 17.7 Å². The molecule has 9 heteroatoms. The Morgan fingerprint density at radius 1 is 1.19 bits per heavy atom. The largest absolute Gasteiger partial charge is 0.493 e. The lowest BCUT2D eigenvalue weighted by Crippen LogP contribution is -2.50. The standard InChI is InChI=1S/C18H25ClN2O6/c1-11(19)27-18(23)21-7-5-6-13(10-21)20-17(22)12-8-14(24-2)16(26-4)15(9-12)25-3/h8-9,11,13H,5-7,10H2,1-4H3,(H,20,22). The van der Waals surface area contributed by atoms with E-state index in [0.717, 1.165) is 12.8 Å². The summed E-state index contributed by atoms with van der Waals surface area (Å²) in [6.45, 7) is 2.50. The van der Waals surface area contributed by atoms with Gasteiger partial charge < -0.3 is 29.2 Å². The van der Waals surface area contributed by atoms with Gasteiger partial charge in [0.25, 0.3) is 5.91 Å². The first-order chi connectivity index (χ1) is 12.9. The topological polar surface area (TPSA) is 86.3 Å². The first kappa shape index (κ1) is 21.0. The minimum absolute atomic E-state index is 0.191. The number of likely N-dealkylation sites (tertiary alicyclic amines) is 1. The fraction of sp³-hybridized carbons (Fsp3) is 0.556. The molecule has 8 nitrogen and oxygen atoms in total. The molecule has 0 radical (unpaired) electrons. The highest BCUT2D eigenvalue weighted by Crippen LogP contribution is 2.38. The molecule has 1 aromatic rings. The number of piperidine rings is 1. The van der Waals surface area contributed by atoms with Crippen LogP contribution in [0.5, 0.6) is 17.2 Å². The van der Waals surface area contributed by atoms with Gasteiger partial charge in [-0.1, -0.05) is 11.6 Å². The number of benzene rings is 1. The molecular formula is C18H25ClN2O6. The van der Waals surface area contributed by atoms with Crippen molar-refractivity contribution in [1.82, 2.24) is 10.2 Å². The van der Waals surface area contributed by atoms with Crippen LogP contribution in [-0.2, 0) is 4.74 Å². The molecule has 0 saturated carbocycles. The minimum Gasteiger partial charge on any atom is -0.493 e. The molecule has 0 bridgehead atoms. The quantitative estimate of drug-likeness (QED) is 0.739. The van der Waals surface area contributed by atoms with Gasteiger partial charge in [-0.25, -0.2) is 4.79 Å². The molecule has 2 rings (SSSR count). The van der Waals surface area contributed by atoms with E-state index in [9.17, 15) is 9.59 Å². The highest BCUT2D eigenvalue weighted by molar-refractivity contribution is 6.19. The maximum atomic E-state index is 12.7. The van der Waals surface area contributed by atoms with Crippen molar-refractivity contribution in [2.24, 2.45) is 0 Å². The SMILES string of the molecule is COc1cc(C(=O)NC2CCCN(C(=O)OC(C)Cl)C2)cc(OC)c1OC. The van der Waals surface area contributed by atoms with Crippen LogP contribution in [0, 0.1) is 0 Å². The molecule has 1 fully saturated rings. The number of ether oxygens (including phenoxy) is 4. The van der Waals surface area contributed by atoms with Gasteiger partial charge in [-0.3, -0.25) is 4.79 Å². The predicted octanol–water partition coefficient (Wildman–Crippen LogP) is 2.63. The van der Waals surface area contributed by atoms with E-state index in [0.29, 0.717) is 35.9 Å². The van der Waals surface area contributed by atoms with Crippen molar-refractivity contribution in [2.45, 2.75) is 31.4 Å². The van der Waals surface area contributed by atoms with E-state index in [-0.39, 0.29) is 11.9 Å². The van der Waals surface area contributed by atoms with Gasteiger partial charge in [0.15, 0.2) is 17.1 Å². The monoisotopic (exact) mass is 400 g/mol. The molecule has 1 aliphatic rings. The van der Waals surface area contributed by atoms with Crippen molar-refractivity contribution in [3.8, 4) is 17.2 Å². The first-order valence-electron chi connectivity index (χ1n) is 8.60. The molecular weight excluding hydrogens is 376 g/mol. The van der Waals surface area contributed by atoms with Crippen LogP contribution in [-0.4, -0.2) is 62.9 Å². The molecule has 1 heterocycles. The summed E-state index contributed by atoms with van der Waals surface area (Å²) in [5.41, 5.74) is -0.328. The van der Waals surface area contributed by atoms with Crippen LogP contribution >= 0.6 is 11.6 Å². The third-order valence-electron chi connectivity index (χ3n) is 4.20. The van der Waals surface area contributed by atoms with Crippen LogP contribution in [0.4, 0.5) is 4.79 Å². The van der Waals surface area contributed by atoms with E-state index in [4.69, 9.17) is 30.5 Å². The summed E-state index contributed by atoms with van der Waals surface area (Å²) in [4.78, 5) is 26.2. The number of rotatable bonds is 6. The fourth-order valence-corrected chi connectivity index (χ4v) is 3.03. The Bertz CT molecular complexity index is 657. The smallest absolute Gasteiger partial charge is 0.411 e. The molecule has 1 saturated heterocycles. The van der Waals surface area contributed by atoms with Crippen LogP contribution in [0.2, 0.25) is 0 Å². The molecule has 2 atom stereocenters. The number of alkyl halides is 1. The molecule has 2 amide bonds. The summed E-state index contributed by atoms with van der Waals surface area (Å²) in [5, 5.41) is 2.94. The van der Waals surface area contributed by atoms with E-state index >= 15 is 0 Å². The minimum atomic E-state index is -0.702. The van der Waals surface area contributed by atoms with Gasteiger partial charge in [-0.05, 0) is 31.9 Å². The second kappa shape index (κ2) is 9.55. The third-order valence-corrected chi connectivity index (χ3v) is 4.29. The number of methoxy groups -OCH3 is 3. The Hall–Kier alpha value is -2.35. The molecule has 2 unspecified atom stereocenters. The number of nitrogens with one attached hydrogen (secondary N) is 1. The summed E-state index contributed by atoms with van der Waals surface area (Å²) in [6, 6.07) is 2.98. The zero-order valence-electron chi connectivity index (χ0n) is 15.9. The lowest BCUT2D eigenvalue weighted by molar-refractivity contribution is 0.0767. The zero-order valence-corrected chi connectivity index (χ0v) is 16.7. The second-order valence-electron chi connectivity index (χ2n) is 6.10. The average Bonchev–Trinajstić information content (AvgIpc) is 2.66. The maximum Gasteiger partial charge on any atom is 0.411 e. The molecule has 150 valence electrons. The Kier molecular flexibility index (Phi) is 7.41. The van der Waals surface area contributed by atoms with Crippen LogP contribution in [0.25, 0.3) is 0 Å². The lowest BCUT2D eigenvalue weighted by atomic mass is 10.1. The molecule has 1 aromatic carbocycles. The molecule has 1 N–H and O–H groups in total. The van der Waals surface area contributed by atoms with Crippen molar-refractivity contribution < 1.29 is 28.5 Å². The number of nitrogens with zero attached hydrogens (tertiary/aromatic N) is 1. The van der Waals surface area contributed by atoms with E-state index < -0.39 is 11.7 Å². The lowest BCUT2D eigenvalue weighted by Gasteiger charge is -2.32. The molecule has 0 aromatic heterocycles. The van der Waals surface area contributed by atoms with Gasteiger partial charge in [-0.2, -0.15) is 0 Å². The molecule has 1 aliphatic heterocycles. The fourth-order valence-electron chi connectivity index (χ4n) is 2.96. The van der Waals surface area contributed by atoms with Gasteiger partial charge >= 0.3 is 6.09 Å². The number of carbonyl (C=O) groups excluding carboxylic acids is 2. The maximum absolute atomic E-state index is 12.7. The Morgan fingerprint density at radius 3 is 2.33 bits per heavy atom. The van der Waals surface area contributed by atoms with Gasteiger partial charge in [0.1, 0.15) is 0 Å². The van der Waals surface area contributed by atoms with Crippen molar-refractivity contribution in [3.63, 3.8) is 0 Å². The van der Waals surface area contributed by atoms with Gasteiger partial charge in [0.2, 0.25) is 5.75 Å². The van der Waals surface area contributed by atoms with Crippen LogP contribution in [0.3, 0.4) is 0 Å². The van der Waals surface area contributed by atoms with Gasteiger partial charge in [-0.15, -0.1) is 0 Å². The Balaban J connectivity index is 2.09. The van der Waals surface area contributed by atoms with E-state index in [2.05, 4.69) is 5.32 Å². The zero-order chi connectivity index (χ0) is 20.0. The predicted molar refractivity (Wildman–Crippen MR) is 100.0 cm³/mol. The highest BCUT2D eigenvalue weighted by atomic mass is 35.5. The number of halogens is 1. The van der Waals surface area contributed by atoms with Gasteiger partial charge in [0, 0.05) is 24.7 Å². The number of hydrogen-bond acceptors (Lipinski definition) is 6. The van der Waals surface area contributed by atoms with Crippen LogP contribution in [0.15, 0.2) is 12.1 Å². The Labute approximate surface area is 163 Å². The van der Waals surface area contributed by atoms with Crippen molar-refractivity contribution in [1.29, 1.82) is 0 Å². The summed E-state index contributed by atoms with van der Waals surface area (Å²) in [7, 11) is 4.47. The summed E-state index contributed by atoms with van der Waals surface area (Å²) < 4.78 is 20.8. The average molecular weight is 401 g/mol. The van der Waals surface area contributed by atoms with Gasteiger partial charge in [0.05, 0.1) is 21.3 Å². The number of hydrogen-bond donors (Lipinski definition) is 1. The molecule has 0 spiro atoms. The molecule has 27 heavy (non-hydrogen) atoms. The summed E-state index contributed by atoms with van der Waals surface area (Å²) >= 11 is 5.70. The highest BCUT2D eigenvalue weighted by Gasteiger charge is 2.27. The van der Waals surface area contributed by atoms with Crippen molar-refractivity contribution >= 4 is 23.6 Å². The normalized spacial score (nSPS) is 17.7. The van der Waals surface area contributed by atoms with E-state index in [1.807, 2.05) is 0 Å². The second-order valence-corrected chi connectivity index (χ2v) is 6.71. The van der Waals surface area contributed by atoms with Crippen molar-refractivity contribution in [2.75, 3.05) is 34.4 Å². The number of amides is 2. The Morgan fingerprint density at radius 2 is 1.81 bits per heavy atom. The molecule has 0 aliphatic carbocycles. The number of carbonyl (C=O) groups is 2. The summed E-state index contributed by atoms with van der Waals surface area (Å²) in [5.74, 6) is 0.914.